The number of methoxy groups -OCH3 is 2. The normalized spacial score (nSPS) is 31.5. The average molecular weight is 298 g/mol. The molecule has 2 aliphatic carbocycles. The van der Waals surface area contributed by atoms with Gasteiger partial charge in [-0.25, -0.2) is 0 Å². The van der Waals surface area contributed by atoms with Crippen molar-refractivity contribution >= 4 is 11.8 Å². The van der Waals surface area contributed by atoms with E-state index in [1.165, 1.54) is 7.11 Å². The third-order valence-electron chi connectivity index (χ3n) is 4.46. The Morgan fingerprint density at radius 2 is 2.10 bits per heavy atom. The lowest BCUT2D eigenvalue weighted by molar-refractivity contribution is -0.171. The van der Waals surface area contributed by atoms with E-state index in [1.807, 2.05) is 0 Å². The van der Waals surface area contributed by atoms with E-state index >= 15 is 0 Å². The van der Waals surface area contributed by atoms with Gasteiger partial charge in [0.2, 0.25) is 0 Å². The molecule has 2 saturated carbocycles. The molecule has 0 spiro atoms. The van der Waals surface area contributed by atoms with Gasteiger partial charge in [0.1, 0.15) is 12.2 Å². The molecule has 2 unspecified atom stereocenters. The van der Waals surface area contributed by atoms with Gasteiger partial charge in [0.15, 0.2) is 5.78 Å². The van der Waals surface area contributed by atoms with Gasteiger partial charge in [-0.3, -0.25) is 9.59 Å². The second-order valence-corrected chi connectivity index (χ2v) is 5.61. The van der Waals surface area contributed by atoms with Crippen molar-refractivity contribution in [2.75, 3.05) is 34.2 Å². The summed E-state index contributed by atoms with van der Waals surface area (Å²) in [5, 5.41) is 0. The topological polar surface area (TPSA) is 71.1 Å². The molecule has 2 atom stereocenters. The van der Waals surface area contributed by atoms with E-state index in [1.54, 1.807) is 7.11 Å². The first-order valence-corrected chi connectivity index (χ1v) is 7.01. The Kier molecular flexibility index (Phi) is 4.81. The highest BCUT2D eigenvalue weighted by Crippen LogP contribution is 2.56. The van der Waals surface area contributed by atoms with E-state index in [-0.39, 0.29) is 12.6 Å². The molecule has 0 aliphatic heterocycles. The molecule has 0 aromatic carbocycles. The van der Waals surface area contributed by atoms with Crippen molar-refractivity contribution in [3.8, 4) is 0 Å². The molecule has 118 valence electrons. The van der Waals surface area contributed by atoms with Crippen LogP contribution in [0.4, 0.5) is 0 Å². The number of Topliss-reactive ketones (excluding diaryl/α,β-unsaturated/α-hetero) is 1. The van der Waals surface area contributed by atoms with Gasteiger partial charge < -0.3 is 18.9 Å². The summed E-state index contributed by atoms with van der Waals surface area (Å²) in [5.41, 5.74) is -1.000. The molecular weight excluding hydrogens is 276 g/mol. The van der Waals surface area contributed by atoms with Gasteiger partial charge in [0, 0.05) is 20.0 Å². The van der Waals surface area contributed by atoms with Crippen LogP contribution >= 0.6 is 0 Å². The zero-order valence-corrected chi connectivity index (χ0v) is 12.6. The molecule has 21 heavy (non-hydrogen) atoms. The second kappa shape index (κ2) is 6.25. The molecule has 0 aromatic rings. The van der Waals surface area contributed by atoms with Crippen molar-refractivity contribution in [1.29, 1.82) is 0 Å². The molecule has 0 saturated heterocycles. The number of hydrogen-bond donors (Lipinski definition) is 0. The lowest BCUT2D eigenvalue weighted by Crippen LogP contribution is -2.46. The van der Waals surface area contributed by atoms with Crippen LogP contribution in [-0.4, -0.2) is 51.6 Å². The summed E-state index contributed by atoms with van der Waals surface area (Å²) in [6.45, 7) is 5.02. The maximum Gasteiger partial charge on any atom is 0.319 e. The summed E-state index contributed by atoms with van der Waals surface area (Å²) in [4.78, 5) is 24.3. The van der Waals surface area contributed by atoms with Gasteiger partial charge in [-0.1, -0.05) is 6.58 Å². The SMILES string of the molecule is C=C1CC2(C(=O)OC)CC1(OCOCCOC)CCC2=O. The Hall–Kier alpha value is -1.24. The highest BCUT2D eigenvalue weighted by molar-refractivity contribution is 6.06. The molecule has 2 bridgehead atoms. The first-order valence-electron chi connectivity index (χ1n) is 7.01. The number of carbonyl (C=O) groups excluding carboxylic acids is 2. The molecule has 0 heterocycles. The number of hydrogen-bond acceptors (Lipinski definition) is 6. The predicted molar refractivity (Wildman–Crippen MR) is 73.6 cm³/mol. The first kappa shape index (κ1) is 16.1. The van der Waals surface area contributed by atoms with Crippen molar-refractivity contribution in [2.45, 2.75) is 31.3 Å². The minimum atomic E-state index is -1.11. The number of ketones is 1. The summed E-state index contributed by atoms with van der Waals surface area (Å²) in [6.07, 6.45) is 1.44. The number of fused-ring (bicyclic) bond motifs is 2. The van der Waals surface area contributed by atoms with E-state index in [0.717, 1.165) is 5.57 Å². The van der Waals surface area contributed by atoms with E-state index in [2.05, 4.69) is 6.58 Å². The second-order valence-electron chi connectivity index (χ2n) is 5.61. The van der Waals surface area contributed by atoms with Crippen LogP contribution in [0, 0.1) is 5.41 Å². The lowest BCUT2D eigenvalue weighted by atomic mass is 9.73. The molecule has 2 fully saturated rings. The summed E-state index contributed by atoms with van der Waals surface area (Å²) in [6, 6.07) is 0. The van der Waals surface area contributed by atoms with Crippen molar-refractivity contribution < 1.29 is 28.5 Å². The van der Waals surface area contributed by atoms with Gasteiger partial charge in [-0.05, 0) is 18.4 Å². The van der Waals surface area contributed by atoms with Crippen LogP contribution < -0.4 is 0 Å². The van der Waals surface area contributed by atoms with Crippen molar-refractivity contribution in [3.05, 3.63) is 12.2 Å². The first-order chi connectivity index (χ1) is 10.0. The fourth-order valence-corrected chi connectivity index (χ4v) is 3.25. The predicted octanol–water partition coefficient (Wildman–Crippen LogP) is 1.23. The molecule has 2 rings (SSSR count). The number of ether oxygens (including phenoxy) is 4. The molecule has 0 aromatic heterocycles. The van der Waals surface area contributed by atoms with Crippen LogP contribution in [0.2, 0.25) is 0 Å². The van der Waals surface area contributed by atoms with Crippen LogP contribution in [0.1, 0.15) is 25.7 Å². The van der Waals surface area contributed by atoms with Gasteiger partial charge in [-0.15, -0.1) is 0 Å². The fourth-order valence-electron chi connectivity index (χ4n) is 3.25. The van der Waals surface area contributed by atoms with E-state index < -0.39 is 17.0 Å². The van der Waals surface area contributed by atoms with E-state index in [0.29, 0.717) is 38.9 Å². The number of carbonyl (C=O) groups is 2. The van der Waals surface area contributed by atoms with Crippen molar-refractivity contribution in [2.24, 2.45) is 5.41 Å². The van der Waals surface area contributed by atoms with Crippen LogP contribution in [-0.2, 0) is 28.5 Å². The standard InChI is InChI=1S/C15H22O6/c1-11-8-14(13(17)19-3)9-15(11,5-4-12(14)16)21-10-20-7-6-18-2/h1,4-10H2,2-3H3. The zero-order chi connectivity index (χ0) is 15.5. The third-order valence-corrected chi connectivity index (χ3v) is 4.46. The minimum Gasteiger partial charge on any atom is -0.468 e. The summed E-state index contributed by atoms with van der Waals surface area (Å²) >= 11 is 0. The maximum atomic E-state index is 12.2. The van der Waals surface area contributed by atoms with Gasteiger partial charge in [0.05, 0.1) is 25.9 Å². The monoisotopic (exact) mass is 298 g/mol. The van der Waals surface area contributed by atoms with Crippen LogP contribution in [0.25, 0.3) is 0 Å². The Bertz CT molecular complexity index is 435. The number of esters is 1. The third kappa shape index (κ3) is 2.75. The fraction of sp³-hybridized carbons (Fsp3) is 0.733. The highest BCUT2D eigenvalue weighted by Gasteiger charge is 2.63. The van der Waals surface area contributed by atoms with Gasteiger partial charge >= 0.3 is 5.97 Å². The molecule has 0 radical (unpaired) electrons. The summed E-state index contributed by atoms with van der Waals surface area (Å²) in [7, 11) is 2.90. The van der Waals surface area contributed by atoms with Crippen LogP contribution in [0.5, 0.6) is 0 Å². The van der Waals surface area contributed by atoms with Crippen molar-refractivity contribution in [3.63, 3.8) is 0 Å². The van der Waals surface area contributed by atoms with Crippen molar-refractivity contribution in [1.82, 2.24) is 0 Å². The summed E-state index contributed by atoms with van der Waals surface area (Å²) in [5.74, 6) is -0.563. The molecule has 6 nitrogen and oxygen atoms in total. The van der Waals surface area contributed by atoms with Gasteiger partial charge in [0.25, 0.3) is 0 Å². The average Bonchev–Trinajstić information content (AvgIpc) is 2.73. The Balaban J connectivity index is 2.06. The molecule has 0 N–H and O–H groups in total. The number of rotatable bonds is 7. The molecule has 6 heteroatoms. The highest BCUT2D eigenvalue weighted by atomic mass is 16.7. The minimum absolute atomic E-state index is 0.0764. The molecular formula is C15H22O6. The Morgan fingerprint density at radius 1 is 1.33 bits per heavy atom. The summed E-state index contributed by atoms with van der Waals surface area (Å²) < 4.78 is 20.9. The van der Waals surface area contributed by atoms with E-state index in [4.69, 9.17) is 18.9 Å². The van der Waals surface area contributed by atoms with Gasteiger partial charge in [-0.2, -0.15) is 0 Å². The molecule has 0 amide bonds. The smallest absolute Gasteiger partial charge is 0.319 e. The maximum absolute atomic E-state index is 12.2. The Morgan fingerprint density at radius 3 is 2.76 bits per heavy atom. The Labute approximate surface area is 124 Å². The quantitative estimate of drug-likeness (QED) is 0.231. The van der Waals surface area contributed by atoms with Crippen LogP contribution in [0.3, 0.4) is 0 Å². The lowest BCUT2D eigenvalue weighted by Gasteiger charge is -2.36. The van der Waals surface area contributed by atoms with E-state index in [9.17, 15) is 9.59 Å². The van der Waals surface area contributed by atoms with Crippen LogP contribution in [0.15, 0.2) is 12.2 Å². The zero-order valence-electron chi connectivity index (χ0n) is 12.6. The largest absolute Gasteiger partial charge is 0.468 e. The molecule has 2 aliphatic rings.